The second-order valence-corrected chi connectivity index (χ2v) is 6.75. The lowest BCUT2D eigenvalue weighted by atomic mass is 9.92. The number of ether oxygens (including phenoxy) is 1. The van der Waals surface area contributed by atoms with Gasteiger partial charge in [0.25, 0.3) is 5.91 Å². The normalized spacial score (nSPS) is 20.2. The molecule has 0 unspecified atom stereocenters. The smallest absolute Gasteiger partial charge is 0.251 e. The zero-order chi connectivity index (χ0) is 17.9. The van der Waals surface area contributed by atoms with Crippen molar-refractivity contribution in [2.45, 2.75) is 37.8 Å². The molecule has 1 amide bonds. The minimum absolute atomic E-state index is 0.0214. The highest BCUT2D eigenvalue weighted by Gasteiger charge is 2.22. The molecule has 2 heterocycles. The molecule has 0 saturated heterocycles. The summed E-state index contributed by atoms with van der Waals surface area (Å²) in [4.78, 5) is 17.0. The minimum Gasteiger partial charge on any atom is -0.464 e. The Kier molecular flexibility index (Phi) is 4.71. The van der Waals surface area contributed by atoms with E-state index in [2.05, 4.69) is 10.3 Å². The van der Waals surface area contributed by atoms with Crippen molar-refractivity contribution < 1.29 is 13.9 Å². The van der Waals surface area contributed by atoms with Crippen LogP contribution >= 0.6 is 0 Å². The molecule has 1 N–H and O–H groups in total. The molecular formula is C21H22N2O3. The summed E-state index contributed by atoms with van der Waals surface area (Å²) in [5.74, 6) is -0.0214. The molecule has 4 rings (SSSR count). The van der Waals surface area contributed by atoms with Gasteiger partial charge in [-0.25, -0.2) is 0 Å². The Balaban J connectivity index is 1.46. The van der Waals surface area contributed by atoms with Gasteiger partial charge in [-0.1, -0.05) is 12.1 Å². The third-order valence-corrected chi connectivity index (χ3v) is 5.14. The van der Waals surface area contributed by atoms with Crippen molar-refractivity contribution in [1.29, 1.82) is 0 Å². The van der Waals surface area contributed by atoms with Gasteiger partial charge in [0, 0.05) is 35.9 Å². The van der Waals surface area contributed by atoms with E-state index in [1.807, 2.05) is 36.4 Å². The summed E-state index contributed by atoms with van der Waals surface area (Å²) in [6.45, 7) is 0. The zero-order valence-electron chi connectivity index (χ0n) is 14.8. The predicted molar refractivity (Wildman–Crippen MR) is 100.0 cm³/mol. The summed E-state index contributed by atoms with van der Waals surface area (Å²) < 4.78 is 10.8. The Morgan fingerprint density at radius 3 is 2.62 bits per heavy atom. The highest BCUT2D eigenvalue weighted by Crippen LogP contribution is 2.27. The van der Waals surface area contributed by atoms with Gasteiger partial charge in [-0.15, -0.1) is 0 Å². The van der Waals surface area contributed by atoms with Crippen LogP contribution in [0.2, 0.25) is 0 Å². The van der Waals surface area contributed by atoms with Gasteiger partial charge >= 0.3 is 0 Å². The molecule has 0 atom stereocenters. The number of hydrogen-bond donors (Lipinski definition) is 1. The van der Waals surface area contributed by atoms with Crippen molar-refractivity contribution in [3.8, 4) is 11.3 Å². The molecule has 1 aliphatic carbocycles. The van der Waals surface area contributed by atoms with E-state index in [1.54, 1.807) is 19.6 Å². The van der Waals surface area contributed by atoms with Gasteiger partial charge in [-0.3, -0.25) is 9.78 Å². The first-order valence-corrected chi connectivity index (χ1v) is 9.01. The quantitative estimate of drug-likeness (QED) is 0.766. The number of amides is 1. The number of carbonyl (C=O) groups excluding carboxylic acids is 1. The first kappa shape index (κ1) is 16.8. The van der Waals surface area contributed by atoms with Gasteiger partial charge in [0.15, 0.2) is 0 Å². The molecule has 3 aromatic rings. The Labute approximate surface area is 152 Å². The van der Waals surface area contributed by atoms with E-state index >= 15 is 0 Å². The van der Waals surface area contributed by atoms with Crippen LogP contribution in [0.4, 0.5) is 0 Å². The Morgan fingerprint density at radius 1 is 1.12 bits per heavy atom. The number of nitrogens with one attached hydrogen (secondary N) is 1. The number of methoxy groups -OCH3 is 1. The molecular weight excluding hydrogens is 328 g/mol. The van der Waals surface area contributed by atoms with Crippen LogP contribution < -0.4 is 5.32 Å². The number of furan rings is 1. The maximum Gasteiger partial charge on any atom is 0.251 e. The Bertz CT molecular complexity index is 893. The first-order valence-electron chi connectivity index (χ1n) is 9.01. The van der Waals surface area contributed by atoms with Gasteiger partial charge < -0.3 is 14.5 Å². The molecule has 1 saturated carbocycles. The van der Waals surface area contributed by atoms with Crippen molar-refractivity contribution in [2.75, 3.05) is 7.11 Å². The lowest BCUT2D eigenvalue weighted by Gasteiger charge is -2.28. The van der Waals surface area contributed by atoms with E-state index in [9.17, 15) is 4.79 Å². The molecule has 0 bridgehead atoms. The number of pyridine rings is 1. The fourth-order valence-corrected chi connectivity index (χ4v) is 3.62. The van der Waals surface area contributed by atoms with Gasteiger partial charge in [-0.05, 0) is 49.9 Å². The van der Waals surface area contributed by atoms with E-state index in [1.165, 1.54) is 0 Å². The van der Waals surface area contributed by atoms with Crippen LogP contribution in [0.5, 0.6) is 0 Å². The van der Waals surface area contributed by atoms with E-state index in [0.29, 0.717) is 11.7 Å². The van der Waals surface area contributed by atoms with Crippen LogP contribution in [0.25, 0.3) is 22.2 Å². The summed E-state index contributed by atoms with van der Waals surface area (Å²) in [5, 5.41) is 4.11. The number of aromatic nitrogens is 1. The monoisotopic (exact) mass is 350 g/mol. The molecule has 1 fully saturated rings. The standard InChI is InChI=1S/C21H22N2O3/c1-25-17-8-6-16(7-9-17)23-21(24)15-4-2-14(3-5-15)20-18-11-13-26-19(18)10-12-22-20/h2-5,10-13,16-17H,6-9H2,1H3,(H,23,24)/t16-,17-. The highest BCUT2D eigenvalue weighted by molar-refractivity contribution is 5.96. The molecule has 0 aliphatic heterocycles. The zero-order valence-corrected chi connectivity index (χ0v) is 14.8. The summed E-state index contributed by atoms with van der Waals surface area (Å²) in [6.07, 6.45) is 7.67. The Morgan fingerprint density at radius 2 is 1.88 bits per heavy atom. The second-order valence-electron chi connectivity index (χ2n) is 6.75. The number of rotatable bonds is 4. The number of hydrogen-bond acceptors (Lipinski definition) is 4. The van der Waals surface area contributed by atoms with Gasteiger partial charge in [-0.2, -0.15) is 0 Å². The number of fused-ring (bicyclic) bond motifs is 1. The largest absolute Gasteiger partial charge is 0.464 e. The third kappa shape index (κ3) is 3.35. The number of benzene rings is 1. The van der Waals surface area contributed by atoms with Crippen molar-refractivity contribution >= 4 is 16.9 Å². The average molecular weight is 350 g/mol. The third-order valence-electron chi connectivity index (χ3n) is 5.14. The van der Waals surface area contributed by atoms with E-state index < -0.39 is 0 Å². The SMILES string of the molecule is CO[C@H]1CC[C@H](NC(=O)c2ccc(-c3nccc4occc34)cc2)CC1. The Hall–Kier alpha value is -2.66. The molecule has 5 nitrogen and oxygen atoms in total. The highest BCUT2D eigenvalue weighted by atomic mass is 16.5. The average Bonchev–Trinajstić information content (AvgIpc) is 3.17. The fraction of sp³-hybridized carbons (Fsp3) is 0.333. The van der Waals surface area contributed by atoms with E-state index in [0.717, 1.165) is 47.9 Å². The first-order chi connectivity index (χ1) is 12.7. The number of nitrogens with zero attached hydrogens (tertiary/aromatic N) is 1. The molecule has 26 heavy (non-hydrogen) atoms. The van der Waals surface area contributed by atoms with Gasteiger partial charge in [0.2, 0.25) is 0 Å². The molecule has 1 aliphatic rings. The van der Waals surface area contributed by atoms with Crippen LogP contribution in [-0.2, 0) is 4.74 Å². The molecule has 5 heteroatoms. The van der Waals surface area contributed by atoms with Crippen LogP contribution in [0, 0.1) is 0 Å². The molecule has 1 aromatic carbocycles. The van der Waals surface area contributed by atoms with Gasteiger partial charge in [0.1, 0.15) is 5.58 Å². The van der Waals surface area contributed by atoms with Gasteiger partial charge in [0.05, 0.1) is 18.1 Å². The second kappa shape index (κ2) is 7.30. The molecule has 0 radical (unpaired) electrons. The lowest BCUT2D eigenvalue weighted by molar-refractivity contribution is 0.0599. The van der Waals surface area contributed by atoms with E-state index in [-0.39, 0.29) is 11.9 Å². The predicted octanol–water partition coefficient (Wildman–Crippen LogP) is 4.18. The molecule has 2 aromatic heterocycles. The molecule has 134 valence electrons. The van der Waals surface area contributed by atoms with Crippen molar-refractivity contribution in [3.05, 3.63) is 54.4 Å². The van der Waals surface area contributed by atoms with Crippen molar-refractivity contribution in [1.82, 2.24) is 10.3 Å². The van der Waals surface area contributed by atoms with Crippen molar-refractivity contribution in [2.24, 2.45) is 0 Å². The minimum atomic E-state index is -0.0214. The maximum absolute atomic E-state index is 12.5. The van der Waals surface area contributed by atoms with Crippen LogP contribution in [-0.4, -0.2) is 30.1 Å². The topological polar surface area (TPSA) is 64.4 Å². The summed E-state index contributed by atoms with van der Waals surface area (Å²) in [7, 11) is 1.75. The maximum atomic E-state index is 12.5. The molecule has 0 spiro atoms. The number of carbonyl (C=O) groups is 1. The summed E-state index contributed by atoms with van der Waals surface area (Å²) >= 11 is 0. The lowest BCUT2D eigenvalue weighted by Crippen LogP contribution is -2.38. The fourth-order valence-electron chi connectivity index (χ4n) is 3.62. The van der Waals surface area contributed by atoms with E-state index in [4.69, 9.17) is 9.15 Å². The van der Waals surface area contributed by atoms with Crippen LogP contribution in [0.15, 0.2) is 53.3 Å². The van der Waals surface area contributed by atoms with Crippen molar-refractivity contribution in [3.63, 3.8) is 0 Å². The summed E-state index contributed by atoms with van der Waals surface area (Å²) in [5.41, 5.74) is 3.31. The van der Waals surface area contributed by atoms with Crippen LogP contribution in [0.1, 0.15) is 36.0 Å². The van der Waals surface area contributed by atoms with Crippen LogP contribution in [0.3, 0.4) is 0 Å². The summed E-state index contributed by atoms with van der Waals surface area (Å²) in [6, 6.07) is 11.6.